The summed E-state index contributed by atoms with van der Waals surface area (Å²) in [6, 6.07) is 6.25. The van der Waals surface area contributed by atoms with Crippen molar-refractivity contribution in [2.24, 2.45) is 0 Å². The van der Waals surface area contributed by atoms with Crippen molar-refractivity contribution in [1.29, 1.82) is 0 Å². The van der Waals surface area contributed by atoms with Crippen LogP contribution in [0.2, 0.25) is 0 Å². The van der Waals surface area contributed by atoms with Crippen LogP contribution < -0.4 is 5.32 Å². The van der Waals surface area contributed by atoms with Gasteiger partial charge in [-0.1, -0.05) is 12.1 Å². The average molecular weight is 218 g/mol. The van der Waals surface area contributed by atoms with Gasteiger partial charge in [0.1, 0.15) is 0 Å². The van der Waals surface area contributed by atoms with Crippen LogP contribution in [0, 0.1) is 13.8 Å². The molecule has 1 amide bonds. The van der Waals surface area contributed by atoms with Crippen LogP contribution >= 0.6 is 0 Å². The molecule has 1 aromatic rings. The fraction of sp³-hybridized carbons (Fsp3) is 0.462. The lowest BCUT2D eigenvalue weighted by molar-refractivity contribution is 0.0680. The van der Waals surface area contributed by atoms with E-state index in [0.717, 1.165) is 24.2 Å². The van der Waals surface area contributed by atoms with E-state index >= 15 is 0 Å². The van der Waals surface area contributed by atoms with Gasteiger partial charge < -0.3 is 10.2 Å². The lowest BCUT2D eigenvalue weighted by Crippen LogP contribution is -2.57. The van der Waals surface area contributed by atoms with Gasteiger partial charge in [-0.25, -0.2) is 0 Å². The van der Waals surface area contributed by atoms with E-state index in [2.05, 4.69) is 5.32 Å². The highest BCUT2D eigenvalue weighted by molar-refractivity contribution is 5.96. The molecular weight excluding hydrogens is 200 g/mol. The molecule has 0 spiro atoms. The molecule has 1 heterocycles. The van der Waals surface area contributed by atoms with E-state index in [9.17, 15) is 4.79 Å². The Morgan fingerprint density at radius 1 is 1.38 bits per heavy atom. The molecule has 1 fully saturated rings. The first kappa shape index (κ1) is 11.1. The summed E-state index contributed by atoms with van der Waals surface area (Å²) in [5.74, 6) is 0.132. The second-order valence-electron chi connectivity index (χ2n) is 4.48. The van der Waals surface area contributed by atoms with E-state index in [1.54, 1.807) is 0 Å². The molecule has 1 aromatic carbocycles. The molecule has 1 aliphatic rings. The highest BCUT2D eigenvalue weighted by atomic mass is 16.2. The van der Waals surface area contributed by atoms with Gasteiger partial charge in [0.15, 0.2) is 0 Å². The van der Waals surface area contributed by atoms with Crippen molar-refractivity contribution >= 4 is 5.91 Å². The van der Waals surface area contributed by atoms with Crippen LogP contribution in [0.15, 0.2) is 18.2 Å². The van der Waals surface area contributed by atoms with Crippen LogP contribution in [-0.2, 0) is 0 Å². The fourth-order valence-electron chi connectivity index (χ4n) is 1.89. The Morgan fingerprint density at radius 3 is 2.62 bits per heavy atom. The van der Waals surface area contributed by atoms with Crippen molar-refractivity contribution < 1.29 is 4.79 Å². The molecule has 0 aliphatic carbocycles. The second-order valence-corrected chi connectivity index (χ2v) is 4.48. The highest BCUT2D eigenvalue weighted by Crippen LogP contribution is 2.16. The summed E-state index contributed by atoms with van der Waals surface area (Å²) in [5.41, 5.74) is 3.09. The van der Waals surface area contributed by atoms with E-state index in [0.29, 0.717) is 6.04 Å². The van der Waals surface area contributed by atoms with E-state index in [1.165, 1.54) is 5.56 Å². The van der Waals surface area contributed by atoms with Gasteiger partial charge in [0.05, 0.1) is 6.04 Å². The predicted octanol–water partition coefficient (Wildman–Crippen LogP) is 1.35. The Hall–Kier alpha value is -1.35. The van der Waals surface area contributed by atoms with Gasteiger partial charge in [-0.3, -0.25) is 4.79 Å². The zero-order valence-electron chi connectivity index (χ0n) is 10.1. The number of nitrogens with zero attached hydrogens (tertiary/aromatic N) is 1. The average Bonchev–Trinajstić information content (AvgIpc) is 2.18. The molecule has 16 heavy (non-hydrogen) atoms. The number of benzene rings is 1. The highest BCUT2D eigenvalue weighted by Gasteiger charge is 2.26. The van der Waals surface area contributed by atoms with Gasteiger partial charge in [-0.15, -0.1) is 0 Å². The van der Waals surface area contributed by atoms with Crippen molar-refractivity contribution in [3.8, 4) is 0 Å². The Kier molecular flexibility index (Phi) is 2.97. The number of amides is 1. The summed E-state index contributed by atoms with van der Waals surface area (Å²) < 4.78 is 0. The molecule has 1 saturated heterocycles. The largest absolute Gasteiger partial charge is 0.336 e. The third-order valence-electron chi connectivity index (χ3n) is 3.46. The Morgan fingerprint density at radius 2 is 2.06 bits per heavy atom. The number of rotatable bonds is 2. The van der Waals surface area contributed by atoms with E-state index < -0.39 is 0 Å². The maximum atomic E-state index is 12.3. The van der Waals surface area contributed by atoms with E-state index in [-0.39, 0.29) is 5.91 Å². The molecule has 1 N–H and O–H groups in total. The number of nitrogens with one attached hydrogen (secondary N) is 1. The number of likely N-dealkylation sites (N-methyl/N-ethyl adjacent to an activating group) is 1. The maximum absolute atomic E-state index is 12.3. The Balaban J connectivity index is 2.22. The third kappa shape index (κ3) is 1.83. The first-order valence-electron chi connectivity index (χ1n) is 5.65. The zero-order chi connectivity index (χ0) is 11.7. The smallest absolute Gasteiger partial charge is 0.254 e. The van der Waals surface area contributed by atoms with Crippen LogP contribution in [0.5, 0.6) is 0 Å². The summed E-state index contributed by atoms with van der Waals surface area (Å²) in [7, 11) is 1.88. The number of carbonyl (C=O) groups excluding carboxylic acids is 1. The molecule has 3 heteroatoms. The van der Waals surface area contributed by atoms with Crippen LogP contribution in [0.4, 0.5) is 0 Å². The summed E-state index contributed by atoms with van der Waals surface area (Å²) >= 11 is 0. The van der Waals surface area contributed by atoms with E-state index in [4.69, 9.17) is 0 Å². The number of hydrogen-bond donors (Lipinski definition) is 1. The van der Waals surface area contributed by atoms with Crippen LogP contribution in [0.1, 0.15) is 21.5 Å². The van der Waals surface area contributed by atoms with Gasteiger partial charge in [-0.05, 0) is 31.0 Å². The molecular formula is C13H18N2O. The van der Waals surface area contributed by atoms with Crippen molar-refractivity contribution in [2.75, 3.05) is 20.1 Å². The lowest BCUT2D eigenvalue weighted by Gasteiger charge is -2.36. The molecule has 0 aromatic heterocycles. The summed E-state index contributed by atoms with van der Waals surface area (Å²) in [5, 5.41) is 3.18. The zero-order valence-corrected chi connectivity index (χ0v) is 10.1. The molecule has 0 radical (unpaired) electrons. The van der Waals surface area contributed by atoms with Crippen LogP contribution in [-0.4, -0.2) is 37.0 Å². The predicted molar refractivity (Wildman–Crippen MR) is 64.7 cm³/mol. The molecule has 1 aliphatic heterocycles. The number of hydrogen-bond acceptors (Lipinski definition) is 2. The second kappa shape index (κ2) is 4.26. The van der Waals surface area contributed by atoms with Gasteiger partial charge in [0.25, 0.3) is 5.91 Å². The minimum atomic E-state index is 0.132. The monoisotopic (exact) mass is 218 g/mol. The molecule has 0 bridgehead atoms. The third-order valence-corrected chi connectivity index (χ3v) is 3.46. The van der Waals surface area contributed by atoms with Gasteiger partial charge >= 0.3 is 0 Å². The molecule has 3 nitrogen and oxygen atoms in total. The first-order valence-corrected chi connectivity index (χ1v) is 5.65. The minimum Gasteiger partial charge on any atom is -0.336 e. The van der Waals surface area contributed by atoms with Crippen LogP contribution in [0.25, 0.3) is 0 Å². The maximum Gasteiger partial charge on any atom is 0.254 e. The standard InChI is InChI=1S/C13H18N2O/c1-9-5-4-6-12(10(9)2)13(16)15(3)11-7-14-8-11/h4-6,11,14H,7-8H2,1-3H3. The lowest BCUT2D eigenvalue weighted by atomic mass is 10.0. The molecule has 86 valence electrons. The van der Waals surface area contributed by atoms with Crippen LogP contribution in [0.3, 0.4) is 0 Å². The van der Waals surface area contributed by atoms with Gasteiger partial charge in [0.2, 0.25) is 0 Å². The molecule has 2 rings (SSSR count). The number of carbonyl (C=O) groups is 1. The topological polar surface area (TPSA) is 32.3 Å². The minimum absolute atomic E-state index is 0.132. The Bertz CT molecular complexity index is 410. The van der Waals surface area contributed by atoms with E-state index in [1.807, 2.05) is 44.0 Å². The first-order chi connectivity index (χ1) is 7.61. The van der Waals surface area contributed by atoms with Crippen molar-refractivity contribution in [3.05, 3.63) is 34.9 Å². The van der Waals surface area contributed by atoms with Crippen molar-refractivity contribution in [3.63, 3.8) is 0 Å². The van der Waals surface area contributed by atoms with Crippen molar-refractivity contribution in [1.82, 2.24) is 10.2 Å². The fourth-order valence-corrected chi connectivity index (χ4v) is 1.89. The summed E-state index contributed by atoms with van der Waals surface area (Å²) in [6.07, 6.45) is 0. The summed E-state index contributed by atoms with van der Waals surface area (Å²) in [6.45, 7) is 5.87. The molecule has 0 atom stereocenters. The van der Waals surface area contributed by atoms with Gasteiger partial charge in [-0.2, -0.15) is 0 Å². The molecule has 0 unspecified atom stereocenters. The molecule has 0 saturated carbocycles. The Labute approximate surface area is 96.5 Å². The van der Waals surface area contributed by atoms with Gasteiger partial charge in [0, 0.05) is 25.7 Å². The normalized spacial score (nSPS) is 15.7. The quantitative estimate of drug-likeness (QED) is 0.812. The van der Waals surface area contributed by atoms with Crippen molar-refractivity contribution in [2.45, 2.75) is 19.9 Å². The summed E-state index contributed by atoms with van der Waals surface area (Å²) in [4.78, 5) is 14.1. The number of aryl methyl sites for hydroxylation is 1. The SMILES string of the molecule is Cc1cccc(C(=O)N(C)C2CNC2)c1C.